The van der Waals surface area contributed by atoms with E-state index in [-0.39, 0.29) is 5.41 Å². The van der Waals surface area contributed by atoms with E-state index in [1.54, 1.807) is 6.20 Å². The van der Waals surface area contributed by atoms with Crippen LogP contribution in [0.4, 0.5) is 0 Å². The molecule has 11 heavy (non-hydrogen) atoms. The second kappa shape index (κ2) is 2.52. The maximum atomic E-state index is 5.91. The second-order valence-corrected chi connectivity index (χ2v) is 4.02. The average molecular weight is 172 g/mol. The smallest absolute Gasteiger partial charge is 0.0864 e. The van der Waals surface area contributed by atoms with Gasteiger partial charge in [-0.1, -0.05) is 32.4 Å². The van der Waals surface area contributed by atoms with Crippen LogP contribution >= 0.6 is 11.6 Å². The fourth-order valence-electron chi connectivity index (χ4n) is 0.905. The van der Waals surface area contributed by atoms with Crippen LogP contribution < -0.4 is 0 Å². The van der Waals surface area contributed by atoms with Gasteiger partial charge in [-0.25, -0.2) is 0 Å². The minimum absolute atomic E-state index is 0.0000231. The minimum Gasteiger partial charge on any atom is -0.269 e. The number of halogens is 1. The monoisotopic (exact) mass is 171 g/mol. The van der Waals surface area contributed by atoms with Gasteiger partial charge in [0.2, 0.25) is 0 Å². The van der Waals surface area contributed by atoms with Gasteiger partial charge in [-0.2, -0.15) is 5.10 Å². The fraction of sp³-hybridized carbons (Fsp3) is 0.500. The zero-order valence-corrected chi connectivity index (χ0v) is 7.81. The Kier molecular flexibility index (Phi) is 1.97. The van der Waals surface area contributed by atoms with E-state index in [1.165, 1.54) is 4.68 Å². The van der Waals surface area contributed by atoms with Gasteiger partial charge in [0.1, 0.15) is 0 Å². The van der Waals surface area contributed by atoms with Crippen LogP contribution in [0.2, 0.25) is 5.02 Å². The Labute approximate surface area is 72.2 Å². The molecule has 0 aromatic carbocycles. The highest BCUT2D eigenvalue weighted by atomic mass is 35.5. The maximum absolute atomic E-state index is 5.91. The molecule has 2 nitrogen and oxygen atoms in total. The van der Waals surface area contributed by atoms with Crippen LogP contribution in [0, 0.1) is 7.05 Å². The first-order valence-corrected chi connectivity index (χ1v) is 3.85. The van der Waals surface area contributed by atoms with Crippen molar-refractivity contribution in [2.45, 2.75) is 26.2 Å². The third-order valence-electron chi connectivity index (χ3n) is 1.43. The molecule has 1 heterocycles. The van der Waals surface area contributed by atoms with Gasteiger partial charge in [0.05, 0.1) is 17.8 Å². The lowest BCUT2D eigenvalue weighted by molar-refractivity contribution is 0.560. The predicted molar refractivity (Wildman–Crippen MR) is 46.7 cm³/mol. The molecular formula is C8H12ClN2. The SMILES string of the molecule is [CH2]n1cc(Cl)c(C(C)(C)C)n1. The van der Waals surface area contributed by atoms with Crippen LogP contribution in [-0.2, 0) is 5.41 Å². The molecule has 0 saturated carbocycles. The Morgan fingerprint density at radius 2 is 2.09 bits per heavy atom. The maximum Gasteiger partial charge on any atom is 0.0864 e. The zero-order valence-electron chi connectivity index (χ0n) is 7.06. The van der Waals surface area contributed by atoms with Gasteiger partial charge in [-0.05, 0) is 0 Å². The summed E-state index contributed by atoms with van der Waals surface area (Å²) in [5.41, 5.74) is 0.897. The lowest BCUT2D eigenvalue weighted by atomic mass is 9.93. The van der Waals surface area contributed by atoms with Crippen LogP contribution in [0.5, 0.6) is 0 Å². The molecule has 0 aliphatic carbocycles. The summed E-state index contributed by atoms with van der Waals surface area (Å²) in [5.74, 6) is 0. The molecule has 0 atom stereocenters. The van der Waals surface area contributed by atoms with Crippen molar-refractivity contribution in [3.8, 4) is 0 Å². The molecule has 0 aliphatic heterocycles. The van der Waals surface area contributed by atoms with Crippen molar-refractivity contribution in [2.75, 3.05) is 0 Å². The third kappa shape index (κ3) is 1.74. The van der Waals surface area contributed by atoms with Crippen LogP contribution in [-0.4, -0.2) is 9.78 Å². The average Bonchev–Trinajstić information content (AvgIpc) is 2.08. The molecule has 1 aromatic rings. The van der Waals surface area contributed by atoms with Gasteiger partial charge in [0.25, 0.3) is 0 Å². The highest BCUT2D eigenvalue weighted by Gasteiger charge is 2.20. The summed E-state index contributed by atoms with van der Waals surface area (Å²) in [5, 5.41) is 4.84. The summed E-state index contributed by atoms with van der Waals surface area (Å²) < 4.78 is 1.49. The molecule has 0 N–H and O–H groups in total. The van der Waals surface area contributed by atoms with E-state index in [0.717, 1.165) is 5.69 Å². The Morgan fingerprint density at radius 1 is 1.55 bits per heavy atom. The minimum atomic E-state index is 0.0000231. The quantitative estimate of drug-likeness (QED) is 0.587. The van der Waals surface area contributed by atoms with Crippen molar-refractivity contribution >= 4 is 11.6 Å². The summed E-state index contributed by atoms with van der Waals surface area (Å²) in [6.07, 6.45) is 1.71. The van der Waals surface area contributed by atoms with Crippen molar-refractivity contribution in [1.82, 2.24) is 9.78 Å². The Balaban J connectivity index is 3.13. The van der Waals surface area contributed by atoms with E-state index < -0.39 is 0 Å². The second-order valence-electron chi connectivity index (χ2n) is 3.62. The predicted octanol–water partition coefficient (Wildman–Crippen LogP) is 2.47. The summed E-state index contributed by atoms with van der Waals surface area (Å²) in [6.45, 7) is 6.21. The molecule has 0 fully saturated rings. The van der Waals surface area contributed by atoms with Gasteiger partial charge >= 0.3 is 0 Å². The summed E-state index contributed by atoms with van der Waals surface area (Å²) >= 11 is 5.91. The first kappa shape index (κ1) is 8.60. The third-order valence-corrected chi connectivity index (χ3v) is 1.70. The molecule has 61 valence electrons. The largest absolute Gasteiger partial charge is 0.269 e. The molecule has 1 aromatic heterocycles. The van der Waals surface area contributed by atoms with Crippen LogP contribution in [0.15, 0.2) is 6.20 Å². The van der Waals surface area contributed by atoms with Gasteiger partial charge in [-0.3, -0.25) is 4.68 Å². The zero-order chi connectivity index (χ0) is 8.65. The molecule has 0 aliphatic rings. The van der Waals surface area contributed by atoms with Gasteiger partial charge in [0.15, 0.2) is 0 Å². The van der Waals surface area contributed by atoms with E-state index in [1.807, 2.05) is 0 Å². The molecule has 0 saturated heterocycles. The lowest BCUT2D eigenvalue weighted by Gasteiger charge is -2.14. The molecule has 3 heteroatoms. The Bertz CT molecular complexity index is 258. The Hall–Kier alpha value is -0.500. The lowest BCUT2D eigenvalue weighted by Crippen LogP contribution is -2.12. The van der Waals surface area contributed by atoms with E-state index >= 15 is 0 Å². The Morgan fingerprint density at radius 3 is 2.27 bits per heavy atom. The van der Waals surface area contributed by atoms with E-state index in [2.05, 4.69) is 32.9 Å². The molecule has 0 amide bonds. The van der Waals surface area contributed by atoms with Crippen LogP contribution in [0.3, 0.4) is 0 Å². The molecular weight excluding hydrogens is 160 g/mol. The van der Waals surface area contributed by atoms with Crippen molar-refractivity contribution in [2.24, 2.45) is 0 Å². The van der Waals surface area contributed by atoms with E-state index in [4.69, 9.17) is 11.6 Å². The standard InChI is InChI=1S/C8H12ClN2/c1-8(2,3)7-6(9)5-11(4)10-7/h5H,4H2,1-3H3. The summed E-state index contributed by atoms with van der Waals surface area (Å²) in [6, 6.07) is 0. The van der Waals surface area contributed by atoms with Crippen molar-refractivity contribution in [3.63, 3.8) is 0 Å². The van der Waals surface area contributed by atoms with Crippen molar-refractivity contribution in [3.05, 3.63) is 24.0 Å². The van der Waals surface area contributed by atoms with E-state index in [9.17, 15) is 0 Å². The molecule has 1 radical (unpaired) electrons. The fourth-order valence-corrected chi connectivity index (χ4v) is 1.34. The molecule has 1 rings (SSSR count). The normalized spacial score (nSPS) is 12.1. The highest BCUT2D eigenvalue weighted by molar-refractivity contribution is 6.31. The molecule has 0 unspecified atom stereocenters. The van der Waals surface area contributed by atoms with Crippen LogP contribution in [0.1, 0.15) is 26.5 Å². The number of aromatic nitrogens is 2. The van der Waals surface area contributed by atoms with Gasteiger partial charge < -0.3 is 0 Å². The number of hydrogen-bond acceptors (Lipinski definition) is 1. The number of rotatable bonds is 0. The topological polar surface area (TPSA) is 17.8 Å². The van der Waals surface area contributed by atoms with Crippen molar-refractivity contribution in [1.29, 1.82) is 0 Å². The number of hydrogen-bond donors (Lipinski definition) is 0. The van der Waals surface area contributed by atoms with E-state index in [0.29, 0.717) is 5.02 Å². The number of nitrogens with zero attached hydrogens (tertiary/aromatic N) is 2. The van der Waals surface area contributed by atoms with Gasteiger partial charge in [-0.15, -0.1) is 0 Å². The molecule has 0 spiro atoms. The first-order chi connectivity index (χ1) is 4.91. The highest BCUT2D eigenvalue weighted by Crippen LogP contribution is 2.27. The molecule has 0 bridgehead atoms. The summed E-state index contributed by atoms with van der Waals surface area (Å²) in [4.78, 5) is 0. The summed E-state index contributed by atoms with van der Waals surface area (Å²) in [7, 11) is 3.64. The van der Waals surface area contributed by atoms with Crippen LogP contribution in [0.25, 0.3) is 0 Å². The first-order valence-electron chi connectivity index (χ1n) is 3.48. The van der Waals surface area contributed by atoms with Crippen molar-refractivity contribution < 1.29 is 0 Å². The van der Waals surface area contributed by atoms with Gasteiger partial charge in [0, 0.05) is 11.6 Å².